The Labute approximate surface area is 334 Å². The van der Waals surface area contributed by atoms with Crippen molar-refractivity contribution in [3.05, 3.63) is 206 Å². The molecule has 9 aromatic carbocycles. The first-order chi connectivity index (χ1) is 28.8. The number of para-hydroxylation sites is 3. The molecular formula is C54H34N4. The van der Waals surface area contributed by atoms with E-state index in [9.17, 15) is 0 Å². The molecule has 58 heavy (non-hydrogen) atoms. The van der Waals surface area contributed by atoms with Crippen molar-refractivity contribution >= 4 is 65.3 Å². The van der Waals surface area contributed by atoms with Gasteiger partial charge in [-0.2, -0.15) is 0 Å². The first kappa shape index (κ1) is 32.4. The van der Waals surface area contributed by atoms with Crippen molar-refractivity contribution in [3.63, 3.8) is 0 Å². The van der Waals surface area contributed by atoms with Gasteiger partial charge in [0.1, 0.15) is 0 Å². The van der Waals surface area contributed by atoms with E-state index in [0.717, 1.165) is 44.6 Å². The van der Waals surface area contributed by atoms with Crippen LogP contribution in [0.25, 0.3) is 110 Å². The molecule has 12 aromatic rings. The van der Waals surface area contributed by atoms with Crippen LogP contribution < -0.4 is 0 Å². The van der Waals surface area contributed by atoms with Crippen molar-refractivity contribution in [1.82, 2.24) is 19.1 Å². The lowest BCUT2D eigenvalue weighted by molar-refractivity contribution is 1.18. The van der Waals surface area contributed by atoms with E-state index < -0.39 is 0 Å². The summed E-state index contributed by atoms with van der Waals surface area (Å²) in [5.41, 5.74) is 13.4. The van der Waals surface area contributed by atoms with Crippen molar-refractivity contribution in [1.29, 1.82) is 0 Å². The van der Waals surface area contributed by atoms with E-state index in [2.05, 4.69) is 197 Å². The molecular weight excluding hydrogens is 705 g/mol. The Morgan fingerprint density at radius 1 is 0.293 bits per heavy atom. The average Bonchev–Trinajstić information content (AvgIpc) is 3.81. The molecule has 12 rings (SSSR count). The Bertz CT molecular complexity index is 3540. The van der Waals surface area contributed by atoms with Gasteiger partial charge >= 0.3 is 0 Å². The van der Waals surface area contributed by atoms with Crippen molar-refractivity contribution in [3.8, 4) is 45.1 Å². The molecule has 0 fully saturated rings. The van der Waals surface area contributed by atoms with E-state index in [1.165, 1.54) is 65.8 Å². The van der Waals surface area contributed by atoms with Crippen molar-refractivity contribution in [2.75, 3.05) is 0 Å². The Morgan fingerprint density at radius 3 is 1.43 bits per heavy atom. The van der Waals surface area contributed by atoms with Gasteiger partial charge in [-0.25, -0.2) is 9.97 Å². The smallest absolute Gasteiger partial charge is 0.160 e. The monoisotopic (exact) mass is 738 g/mol. The van der Waals surface area contributed by atoms with Gasteiger partial charge in [0.25, 0.3) is 0 Å². The fraction of sp³-hybridized carbons (Fsp3) is 0. The quantitative estimate of drug-likeness (QED) is 0.165. The van der Waals surface area contributed by atoms with Crippen LogP contribution in [0.4, 0.5) is 0 Å². The van der Waals surface area contributed by atoms with E-state index >= 15 is 0 Å². The standard InChI is InChI=1S/C54H34N4/c1-3-14-37(15-4-1)54-55-52(45-30-25-35-13-7-8-18-42(35)53(45)56-54)36-23-28-41(29-24-36)58-49-22-12-10-20-44(49)47-34-39(27-32-51(47)58)38-26-31-50-46(33-38)43-19-9-11-21-48(43)57(50)40-16-5-2-6-17-40/h1-34H. The van der Waals surface area contributed by atoms with Gasteiger partial charge in [0, 0.05) is 54.8 Å². The highest BCUT2D eigenvalue weighted by Gasteiger charge is 2.18. The van der Waals surface area contributed by atoms with Crippen LogP contribution in [0.15, 0.2) is 206 Å². The second kappa shape index (κ2) is 12.9. The molecule has 4 heteroatoms. The largest absolute Gasteiger partial charge is 0.309 e. The summed E-state index contributed by atoms with van der Waals surface area (Å²) in [5, 5.41) is 8.29. The molecule has 0 saturated heterocycles. The Balaban J connectivity index is 0.984. The Kier molecular flexibility index (Phi) is 7.20. The average molecular weight is 739 g/mol. The predicted molar refractivity (Wildman–Crippen MR) is 242 cm³/mol. The fourth-order valence-corrected chi connectivity index (χ4v) is 9.01. The third kappa shape index (κ3) is 5.02. The lowest BCUT2D eigenvalue weighted by Gasteiger charge is -2.13. The second-order valence-corrected chi connectivity index (χ2v) is 15.0. The summed E-state index contributed by atoms with van der Waals surface area (Å²) in [5.74, 6) is 0.725. The number of hydrogen-bond donors (Lipinski definition) is 0. The number of hydrogen-bond acceptors (Lipinski definition) is 2. The highest BCUT2D eigenvalue weighted by Crippen LogP contribution is 2.39. The topological polar surface area (TPSA) is 35.6 Å². The van der Waals surface area contributed by atoms with E-state index in [0.29, 0.717) is 0 Å². The SMILES string of the molecule is c1ccc(-c2nc(-c3ccc(-n4c5ccccc5c5cc(-c6ccc7c(c6)c6ccccc6n7-c6ccccc6)ccc54)cc3)c3ccc4ccccc4c3n2)cc1. The normalized spacial score (nSPS) is 11.8. The summed E-state index contributed by atoms with van der Waals surface area (Å²) in [7, 11) is 0. The summed E-state index contributed by atoms with van der Waals surface area (Å²) < 4.78 is 4.75. The van der Waals surface area contributed by atoms with Gasteiger partial charge in [-0.05, 0) is 83.2 Å². The lowest BCUT2D eigenvalue weighted by atomic mass is 10.0. The van der Waals surface area contributed by atoms with Crippen LogP contribution in [0.2, 0.25) is 0 Å². The molecule has 0 amide bonds. The van der Waals surface area contributed by atoms with Crippen molar-refractivity contribution in [2.24, 2.45) is 0 Å². The summed E-state index contributed by atoms with van der Waals surface area (Å²) in [6.45, 7) is 0. The molecule has 0 spiro atoms. The molecule has 0 N–H and O–H groups in total. The molecule has 0 aliphatic rings. The molecule has 3 aromatic heterocycles. The number of nitrogens with zero attached hydrogens (tertiary/aromatic N) is 4. The molecule has 0 radical (unpaired) electrons. The van der Waals surface area contributed by atoms with Crippen LogP contribution in [-0.2, 0) is 0 Å². The first-order valence-electron chi connectivity index (χ1n) is 19.7. The third-order valence-corrected chi connectivity index (χ3v) is 11.7. The molecule has 270 valence electrons. The maximum absolute atomic E-state index is 5.21. The van der Waals surface area contributed by atoms with E-state index in [1.54, 1.807) is 0 Å². The summed E-state index contributed by atoms with van der Waals surface area (Å²) in [4.78, 5) is 10.4. The highest BCUT2D eigenvalue weighted by molar-refractivity contribution is 6.13. The maximum Gasteiger partial charge on any atom is 0.160 e. The zero-order chi connectivity index (χ0) is 38.2. The fourth-order valence-electron chi connectivity index (χ4n) is 9.01. The minimum absolute atomic E-state index is 0.725. The number of rotatable bonds is 5. The van der Waals surface area contributed by atoms with Crippen molar-refractivity contribution in [2.45, 2.75) is 0 Å². The highest BCUT2D eigenvalue weighted by atomic mass is 15.0. The summed E-state index contributed by atoms with van der Waals surface area (Å²) in [6.07, 6.45) is 0. The van der Waals surface area contributed by atoms with E-state index in [4.69, 9.17) is 9.97 Å². The van der Waals surface area contributed by atoms with Gasteiger partial charge in [0.05, 0.1) is 33.3 Å². The van der Waals surface area contributed by atoms with Crippen LogP contribution in [0, 0.1) is 0 Å². The lowest BCUT2D eigenvalue weighted by Crippen LogP contribution is -1.97. The molecule has 0 aliphatic heterocycles. The van der Waals surface area contributed by atoms with Gasteiger partial charge in [0.2, 0.25) is 0 Å². The van der Waals surface area contributed by atoms with Crippen LogP contribution in [0.3, 0.4) is 0 Å². The minimum Gasteiger partial charge on any atom is -0.309 e. The summed E-state index contributed by atoms with van der Waals surface area (Å²) >= 11 is 0. The van der Waals surface area contributed by atoms with Gasteiger partial charge < -0.3 is 9.13 Å². The Hall–Kier alpha value is -7.82. The molecule has 0 saturated carbocycles. The maximum atomic E-state index is 5.21. The molecule has 0 unspecified atom stereocenters. The van der Waals surface area contributed by atoms with Crippen LogP contribution in [-0.4, -0.2) is 19.1 Å². The van der Waals surface area contributed by atoms with E-state index in [1.807, 2.05) is 18.2 Å². The van der Waals surface area contributed by atoms with E-state index in [-0.39, 0.29) is 0 Å². The summed E-state index contributed by atoms with van der Waals surface area (Å²) in [6, 6.07) is 73.8. The zero-order valence-corrected chi connectivity index (χ0v) is 31.4. The molecule has 4 nitrogen and oxygen atoms in total. The van der Waals surface area contributed by atoms with Gasteiger partial charge in [-0.1, -0.05) is 140 Å². The van der Waals surface area contributed by atoms with Gasteiger partial charge in [-0.3, -0.25) is 0 Å². The second-order valence-electron chi connectivity index (χ2n) is 15.0. The molecule has 3 heterocycles. The molecule has 0 atom stereocenters. The van der Waals surface area contributed by atoms with Gasteiger partial charge in [0.15, 0.2) is 5.82 Å². The predicted octanol–water partition coefficient (Wildman–Crippen LogP) is 14.0. The number of fused-ring (bicyclic) bond motifs is 9. The van der Waals surface area contributed by atoms with Gasteiger partial charge in [-0.15, -0.1) is 0 Å². The van der Waals surface area contributed by atoms with Crippen LogP contribution >= 0.6 is 0 Å². The molecule has 0 bridgehead atoms. The van der Waals surface area contributed by atoms with Crippen LogP contribution in [0.5, 0.6) is 0 Å². The number of benzene rings is 9. The minimum atomic E-state index is 0.725. The number of aromatic nitrogens is 4. The van der Waals surface area contributed by atoms with Crippen LogP contribution in [0.1, 0.15) is 0 Å². The zero-order valence-electron chi connectivity index (χ0n) is 31.4. The third-order valence-electron chi connectivity index (χ3n) is 11.7. The van der Waals surface area contributed by atoms with Crippen molar-refractivity contribution < 1.29 is 0 Å². The Morgan fingerprint density at radius 2 is 0.793 bits per heavy atom. The first-order valence-corrected chi connectivity index (χ1v) is 19.7. The molecule has 0 aliphatic carbocycles.